The summed E-state index contributed by atoms with van der Waals surface area (Å²) in [6.45, 7) is 8.23. The van der Waals surface area contributed by atoms with Gasteiger partial charge in [0.15, 0.2) is 23.7 Å². The van der Waals surface area contributed by atoms with E-state index in [9.17, 15) is 29.1 Å². The predicted octanol–water partition coefficient (Wildman–Crippen LogP) is 3.09. The minimum atomic E-state index is -2.35. The van der Waals surface area contributed by atoms with E-state index in [1.165, 1.54) is 31.2 Å². The number of Topliss-reactive ketones (excluding diaryl/α,β-unsaturated/α-hetero) is 1. The van der Waals surface area contributed by atoms with Gasteiger partial charge in [0.25, 0.3) is 0 Å². The molecule has 212 valence electrons. The van der Waals surface area contributed by atoms with E-state index in [-0.39, 0.29) is 30.6 Å². The van der Waals surface area contributed by atoms with Crippen LogP contribution < -0.4 is 0 Å². The van der Waals surface area contributed by atoms with Gasteiger partial charge in [0, 0.05) is 43.1 Å². The average Bonchev–Trinajstić information content (AvgIpc) is 3.06. The van der Waals surface area contributed by atoms with Crippen molar-refractivity contribution in [1.82, 2.24) is 0 Å². The van der Waals surface area contributed by atoms with Crippen molar-refractivity contribution in [3.05, 3.63) is 35.6 Å². The Morgan fingerprint density at radius 2 is 1.82 bits per heavy atom. The molecule has 4 aliphatic carbocycles. The summed E-state index contributed by atoms with van der Waals surface area (Å²) in [7, 11) is 0. The number of aliphatic hydroxyl groups excluding tert-OH is 1. The highest BCUT2D eigenvalue weighted by molar-refractivity contribution is 6.02. The molecule has 0 aromatic rings. The third kappa shape index (κ3) is 3.93. The first-order valence-electron chi connectivity index (χ1n) is 13.2. The van der Waals surface area contributed by atoms with Gasteiger partial charge in [0.1, 0.15) is 5.76 Å². The number of rotatable bonds is 6. The van der Waals surface area contributed by atoms with Crippen molar-refractivity contribution in [2.24, 2.45) is 28.6 Å². The van der Waals surface area contributed by atoms with Crippen molar-refractivity contribution in [2.75, 3.05) is 6.61 Å². The summed E-state index contributed by atoms with van der Waals surface area (Å²) in [6, 6.07) is 0. The van der Waals surface area contributed by atoms with Crippen LogP contribution in [0.25, 0.3) is 0 Å². The second kappa shape index (κ2) is 9.50. The first-order valence-corrected chi connectivity index (χ1v) is 13.2. The number of halogens is 1. The van der Waals surface area contributed by atoms with Gasteiger partial charge in [-0.2, -0.15) is 0 Å². The van der Waals surface area contributed by atoms with Gasteiger partial charge in [-0.25, -0.2) is 4.39 Å². The van der Waals surface area contributed by atoms with Crippen LogP contribution in [-0.2, 0) is 38.2 Å². The lowest BCUT2D eigenvalue weighted by molar-refractivity contribution is -0.219. The molecule has 10 heteroatoms. The molecule has 0 amide bonds. The van der Waals surface area contributed by atoms with Crippen LogP contribution in [0.1, 0.15) is 60.8 Å². The number of ether oxygens (including phenoxy) is 3. The monoisotopic (exact) mass is 546 g/mol. The molecule has 2 fully saturated rings. The Labute approximate surface area is 226 Å². The summed E-state index contributed by atoms with van der Waals surface area (Å²) in [5.74, 6) is -5.44. The van der Waals surface area contributed by atoms with Crippen LogP contribution in [0, 0.1) is 28.6 Å². The molecule has 1 N–H and O–H groups in total. The lowest BCUT2D eigenvalue weighted by Crippen LogP contribution is -2.69. The number of alkyl halides is 1. The van der Waals surface area contributed by atoms with Crippen LogP contribution >= 0.6 is 0 Å². The van der Waals surface area contributed by atoms with E-state index < -0.39 is 82.0 Å². The molecule has 0 heterocycles. The number of hydrogen-bond donors (Lipinski definition) is 1. The highest BCUT2D eigenvalue weighted by atomic mass is 19.1. The second-order valence-corrected chi connectivity index (χ2v) is 11.6. The Morgan fingerprint density at radius 3 is 2.41 bits per heavy atom. The predicted molar refractivity (Wildman–Crippen MR) is 134 cm³/mol. The molecule has 0 aliphatic heterocycles. The number of carbonyl (C=O) groups is 5. The Bertz CT molecular complexity index is 1230. The van der Waals surface area contributed by atoms with Crippen molar-refractivity contribution in [3.8, 4) is 0 Å². The van der Waals surface area contributed by atoms with Crippen LogP contribution in [-0.4, -0.2) is 58.6 Å². The van der Waals surface area contributed by atoms with E-state index >= 15 is 4.39 Å². The molecule has 8 atom stereocenters. The zero-order valence-electron chi connectivity index (χ0n) is 23.0. The van der Waals surface area contributed by atoms with Crippen LogP contribution in [0.15, 0.2) is 35.6 Å². The zero-order chi connectivity index (χ0) is 29.1. The highest BCUT2D eigenvalue weighted by Crippen LogP contribution is 2.71. The van der Waals surface area contributed by atoms with E-state index in [0.717, 1.165) is 6.92 Å². The summed E-state index contributed by atoms with van der Waals surface area (Å²) in [5, 5.41) is 11.6. The molecule has 4 aliphatic rings. The van der Waals surface area contributed by atoms with E-state index in [4.69, 9.17) is 14.2 Å². The van der Waals surface area contributed by atoms with Crippen molar-refractivity contribution in [1.29, 1.82) is 0 Å². The van der Waals surface area contributed by atoms with Gasteiger partial charge >= 0.3 is 17.9 Å². The molecule has 0 unspecified atom stereocenters. The van der Waals surface area contributed by atoms with E-state index in [0.29, 0.717) is 0 Å². The number of allylic oxidation sites excluding steroid dienone is 5. The fraction of sp³-hybridized carbons (Fsp3) is 0.621. The number of carbonyl (C=O) groups excluding carboxylic acids is 5. The minimum Gasteiger partial charge on any atom is -0.458 e. The quantitative estimate of drug-likeness (QED) is 0.394. The van der Waals surface area contributed by atoms with Gasteiger partial charge in [-0.3, -0.25) is 24.0 Å². The maximum absolute atomic E-state index is 17.6. The first kappa shape index (κ1) is 28.9. The van der Waals surface area contributed by atoms with Crippen molar-refractivity contribution in [3.63, 3.8) is 0 Å². The Hall–Kier alpha value is -3.14. The lowest BCUT2D eigenvalue weighted by Gasteiger charge is -2.61. The third-order valence-electron chi connectivity index (χ3n) is 9.45. The average molecular weight is 547 g/mol. The maximum atomic E-state index is 17.6. The van der Waals surface area contributed by atoms with Gasteiger partial charge in [-0.05, 0) is 43.9 Å². The first-order chi connectivity index (χ1) is 18.1. The van der Waals surface area contributed by atoms with Crippen molar-refractivity contribution in [2.45, 2.75) is 78.2 Å². The molecule has 9 nitrogen and oxygen atoms in total. The molecule has 0 bridgehead atoms. The number of aliphatic hydroxyl groups is 1. The van der Waals surface area contributed by atoms with E-state index in [1.807, 2.05) is 0 Å². The highest BCUT2D eigenvalue weighted by Gasteiger charge is 2.77. The SMILES string of the molecule is CCC(=O)O[C@@]1(C(=O)COC(C)=O)[C@@H](C)C[C@H]2[C@@H]3C=C(OC(C)=O)C4=CC(=O)C=C[C@]4(C)[C@@]3(F)[C@@H](O)C[C@@]21C. The molecule has 39 heavy (non-hydrogen) atoms. The van der Waals surface area contributed by atoms with E-state index in [2.05, 4.69) is 0 Å². The van der Waals surface area contributed by atoms with Gasteiger partial charge in [-0.1, -0.05) is 26.8 Å². The zero-order valence-corrected chi connectivity index (χ0v) is 23.0. The molecule has 4 rings (SSSR count). The summed E-state index contributed by atoms with van der Waals surface area (Å²) >= 11 is 0. The number of esters is 3. The lowest BCUT2D eigenvalue weighted by atomic mass is 9.46. The van der Waals surface area contributed by atoms with Crippen molar-refractivity contribution < 1.29 is 47.7 Å². The maximum Gasteiger partial charge on any atom is 0.308 e. The summed E-state index contributed by atoms with van der Waals surface area (Å²) in [5.41, 5.74) is -6.84. The van der Waals surface area contributed by atoms with Crippen LogP contribution in [0.3, 0.4) is 0 Å². The summed E-state index contributed by atoms with van der Waals surface area (Å²) < 4.78 is 34.0. The van der Waals surface area contributed by atoms with Crippen LogP contribution in [0.4, 0.5) is 4.39 Å². The standard InChI is InChI=1S/C29H35FO9/c1-7-25(36)39-29(24(35)14-37-16(3)31)15(2)10-19-20-12-22(38-17(4)32)21-11-18(33)8-9-26(21,5)28(20,30)23(34)13-27(19,29)6/h8-9,11-12,15,19-20,23,34H,7,10,13-14H2,1-6H3/t15-,19-,20-,23-,26-,27-,28-,29+/m0/s1. The molecule has 0 aromatic heterocycles. The summed E-state index contributed by atoms with van der Waals surface area (Å²) in [4.78, 5) is 62.3. The third-order valence-corrected chi connectivity index (χ3v) is 9.45. The van der Waals surface area contributed by atoms with Crippen LogP contribution in [0.5, 0.6) is 0 Å². The van der Waals surface area contributed by atoms with Gasteiger partial charge < -0.3 is 19.3 Å². The smallest absolute Gasteiger partial charge is 0.308 e. The molecule has 0 radical (unpaired) electrons. The Morgan fingerprint density at radius 1 is 1.15 bits per heavy atom. The van der Waals surface area contributed by atoms with Gasteiger partial charge in [-0.15, -0.1) is 0 Å². The fourth-order valence-electron chi connectivity index (χ4n) is 7.72. The topological polar surface area (TPSA) is 133 Å². The fourth-order valence-corrected chi connectivity index (χ4v) is 7.72. The molecule has 2 saturated carbocycles. The van der Waals surface area contributed by atoms with E-state index in [1.54, 1.807) is 27.7 Å². The Kier molecular flexibility index (Phi) is 7.03. The number of hydrogen-bond acceptors (Lipinski definition) is 9. The molecular weight excluding hydrogens is 511 g/mol. The molecule has 0 aromatic carbocycles. The molecular formula is C29H35FO9. The Balaban J connectivity index is 1.93. The number of ketones is 2. The second-order valence-electron chi connectivity index (χ2n) is 11.6. The van der Waals surface area contributed by atoms with Gasteiger partial charge in [0.05, 0.1) is 11.5 Å². The molecule has 0 saturated heterocycles. The van der Waals surface area contributed by atoms with Gasteiger partial charge in [0.2, 0.25) is 5.78 Å². The van der Waals surface area contributed by atoms with Crippen LogP contribution in [0.2, 0.25) is 0 Å². The minimum absolute atomic E-state index is 0.0133. The molecule has 0 spiro atoms. The largest absolute Gasteiger partial charge is 0.458 e. The normalized spacial score (nSPS) is 40.4. The number of fused-ring (bicyclic) bond motifs is 5. The summed E-state index contributed by atoms with van der Waals surface area (Å²) in [6.07, 6.45) is 3.53. The van der Waals surface area contributed by atoms with Crippen molar-refractivity contribution >= 4 is 29.5 Å².